The van der Waals surface area contributed by atoms with E-state index >= 15 is 4.39 Å². The number of rotatable bonds is 5. The van der Waals surface area contributed by atoms with Crippen LogP contribution in [0.25, 0.3) is 11.1 Å². The predicted molar refractivity (Wildman–Crippen MR) is 130 cm³/mol. The molecule has 3 heterocycles. The summed E-state index contributed by atoms with van der Waals surface area (Å²) < 4.78 is 77.4. The summed E-state index contributed by atoms with van der Waals surface area (Å²) in [7, 11) is 0. The number of pyridine rings is 1. The summed E-state index contributed by atoms with van der Waals surface area (Å²) in [5.74, 6) is -1.17. The fourth-order valence-electron chi connectivity index (χ4n) is 5.28. The number of hydrogen-bond acceptors (Lipinski definition) is 4. The second kappa shape index (κ2) is 9.11. The monoisotopic (exact) mass is 526 g/mol. The second-order valence-electron chi connectivity index (χ2n) is 9.96. The third kappa shape index (κ3) is 4.48. The minimum absolute atomic E-state index is 0.128. The van der Waals surface area contributed by atoms with Crippen molar-refractivity contribution in [3.05, 3.63) is 93.9 Å². The first-order valence-corrected chi connectivity index (χ1v) is 12.2. The number of benzene rings is 2. The van der Waals surface area contributed by atoms with Gasteiger partial charge in [0.05, 0.1) is 17.8 Å². The maximum Gasteiger partial charge on any atom is 0.417 e. The Bertz CT molecular complexity index is 1510. The minimum atomic E-state index is -4.89. The molecule has 0 bridgehead atoms. The van der Waals surface area contributed by atoms with Crippen LogP contribution in [0, 0.1) is 17.6 Å². The first kappa shape index (κ1) is 24.4. The third-order valence-electron chi connectivity index (χ3n) is 7.18. The maximum atomic E-state index is 15.3. The highest BCUT2D eigenvalue weighted by atomic mass is 19.4. The Kier molecular flexibility index (Phi) is 5.85. The zero-order valence-electron chi connectivity index (χ0n) is 20.4. The van der Waals surface area contributed by atoms with Gasteiger partial charge in [-0.1, -0.05) is 6.92 Å². The summed E-state index contributed by atoms with van der Waals surface area (Å²) in [5, 5.41) is 6.91. The Morgan fingerprint density at radius 3 is 2.55 bits per heavy atom. The van der Waals surface area contributed by atoms with Crippen molar-refractivity contribution in [1.29, 1.82) is 0 Å². The van der Waals surface area contributed by atoms with Crippen molar-refractivity contribution in [1.82, 2.24) is 15.2 Å². The van der Waals surface area contributed by atoms with Crippen LogP contribution in [0.5, 0.6) is 5.88 Å². The van der Waals surface area contributed by atoms with Crippen LogP contribution >= 0.6 is 0 Å². The molecule has 10 heteroatoms. The van der Waals surface area contributed by atoms with E-state index in [-0.39, 0.29) is 23.6 Å². The smallest absolute Gasteiger partial charge is 0.417 e. The van der Waals surface area contributed by atoms with E-state index in [4.69, 9.17) is 4.74 Å². The van der Waals surface area contributed by atoms with E-state index in [1.165, 1.54) is 12.1 Å². The summed E-state index contributed by atoms with van der Waals surface area (Å²) >= 11 is 0. The molecule has 1 aliphatic heterocycles. The van der Waals surface area contributed by atoms with E-state index in [2.05, 4.69) is 22.1 Å². The molecule has 5 nitrogen and oxygen atoms in total. The number of nitrogens with zero attached hydrogens (tertiary/aromatic N) is 3. The predicted octanol–water partition coefficient (Wildman–Crippen LogP) is 6.60. The quantitative estimate of drug-likeness (QED) is 0.298. The molecule has 0 radical (unpaired) electrons. The molecule has 196 valence electrons. The standard InChI is InChI=1S/C28H23F5N4O/c1-15-4-16-7-27(34-10-17(16)5-15)38-14-18-6-22(23(9-24(18)29)28(31,32)33)21-3-2-20(8-25(21)30)37-12-19-11-35-36-26(19)13-37/h2-3,6-11,15H,4-5,12-14H2,1H3,(H,35,36)/t15-/m0/s1. The van der Waals surface area contributed by atoms with Gasteiger partial charge in [0.2, 0.25) is 5.88 Å². The Morgan fingerprint density at radius 1 is 0.974 bits per heavy atom. The largest absolute Gasteiger partial charge is 0.473 e. The van der Waals surface area contributed by atoms with Gasteiger partial charge in [-0.25, -0.2) is 13.8 Å². The van der Waals surface area contributed by atoms with E-state index in [9.17, 15) is 17.6 Å². The number of nitrogens with one attached hydrogen (secondary N) is 1. The zero-order chi connectivity index (χ0) is 26.6. The SMILES string of the molecule is C[C@@H]1Cc2cnc(OCc3cc(-c4ccc(N5Cc6c[nH]nc6C5)cc4F)c(C(F)(F)F)cc3F)cc2C1. The molecule has 38 heavy (non-hydrogen) atoms. The van der Waals surface area contributed by atoms with Gasteiger partial charge in [0.1, 0.15) is 18.2 Å². The van der Waals surface area contributed by atoms with Gasteiger partial charge in [0, 0.05) is 47.4 Å². The van der Waals surface area contributed by atoms with Crippen molar-refractivity contribution < 1.29 is 26.7 Å². The molecule has 1 N–H and O–H groups in total. The molecule has 0 saturated carbocycles. The molecule has 1 atom stereocenters. The van der Waals surface area contributed by atoms with Gasteiger partial charge in [-0.15, -0.1) is 0 Å². The molecule has 2 aliphatic rings. The van der Waals surface area contributed by atoms with Crippen molar-refractivity contribution >= 4 is 5.69 Å². The van der Waals surface area contributed by atoms with Gasteiger partial charge in [0.15, 0.2) is 0 Å². The van der Waals surface area contributed by atoms with Crippen LogP contribution < -0.4 is 9.64 Å². The molecule has 2 aromatic heterocycles. The molecule has 0 saturated heterocycles. The topological polar surface area (TPSA) is 54.0 Å². The Hall–Kier alpha value is -3.95. The third-order valence-corrected chi connectivity index (χ3v) is 7.18. The summed E-state index contributed by atoms with van der Waals surface area (Å²) in [6.07, 6.45) is 0.389. The fraction of sp³-hybridized carbons (Fsp3) is 0.286. The number of aromatic amines is 1. The van der Waals surface area contributed by atoms with Gasteiger partial charge in [0.25, 0.3) is 0 Å². The molecule has 0 amide bonds. The van der Waals surface area contributed by atoms with Crippen molar-refractivity contribution in [3.63, 3.8) is 0 Å². The minimum Gasteiger partial charge on any atom is -0.473 e. The lowest BCUT2D eigenvalue weighted by Crippen LogP contribution is -2.15. The van der Waals surface area contributed by atoms with Crippen LogP contribution in [0.4, 0.5) is 27.6 Å². The number of hydrogen-bond donors (Lipinski definition) is 1. The number of anilines is 1. The molecule has 1 aliphatic carbocycles. The lowest BCUT2D eigenvalue weighted by Gasteiger charge is -2.20. The van der Waals surface area contributed by atoms with Crippen LogP contribution in [0.15, 0.2) is 48.8 Å². The van der Waals surface area contributed by atoms with E-state index < -0.39 is 28.9 Å². The normalized spacial score (nSPS) is 16.6. The molecule has 0 unspecified atom stereocenters. The summed E-state index contributed by atoms with van der Waals surface area (Å²) in [5.41, 5.74) is 2.45. The average Bonchev–Trinajstić information content (AvgIpc) is 3.56. The molecule has 0 spiro atoms. The van der Waals surface area contributed by atoms with Crippen molar-refractivity contribution in [2.45, 2.75) is 45.6 Å². The summed E-state index contributed by atoms with van der Waals surface area (Å²) in [6.45, 7) is 2.74. The highest BCUT2D eigenvalue weighted by Gasteiger charge is 2.36. The van der Waals surface area contributed by atoms with Gasteiger partial charge >= 0.3 is 6.18 Å². The molecular weight excluding hydrogens is 503 g/mol. The van der Waals surface area contributed by atoms with E-state index in [1.54, 1.807) is 24.5 Å². The highest BCUT2D eigenvalue weighted by molar-refractivity contribution is 5.72. The van der Waals surface area contributed by atoms with Crippen molar-refractivity contribution in [2.75, 3.05) is 4.90 Å². The highest BCUT2D eigenvalue weighted by Crippen LogP contribution is 2.41. The van der Waals surface area contributed by atoms with Crippen molar-refractivity contribution in [2.24, 2.45) is 5.92 Å². The number of halogens is 5. The van der Waals surface area contributed by atoms with E-state index in [0.29, 0.717) is 30.8 Å². The number of aromatic nitrogens is 3. The molecule has 2 aromatic carbocycles. The van der Waals surface area contributed by atoms with Crippen molar-refractivity contribution in [3.8, 4) is 17.0 Å². The van der Waals surface area contributed by atoms with E-state index in [1.807, 2.05) is 4.90 Å². The molecular formula is C28H23F5N4O. The second-order valence-corrected chi connectivity index (χ2v) is 9.96. The average molecular weight is 527 g/mol. The van der Waals surface area contributed by atoms with Crippen LogP contribution in [0.1, 0.15) is 40.4 Å². The van der Waals surface area contributed by atoms with Gasteiger partial charge in [-0.3, -0.25) is 5.10 Å². The molecule has 6 rings (SSSR count). The van der Waals surface area contributed by atoms with Gasteiger partial charge in [-0.05, 0) is 65.8 Å². The lowest BCUT2D eigenvalue weighted by molar-refractivity contribution is -0.137. The van der Waals surface area contributed by atoms with Crippen LogP contribution in [-0.4, -0.2) is 15.2 Å². The van der Waals surface area contributed by atoms with Gasteiger partial charge < -0.3 is 9.64 Å². The van der Waals surface area contributed by atoms with Crippen LogP contribution in [0.2, 0.25) is 0 Å². The number of fused-ring (bicyclic) bond motifs is 2. The Balaban J connectivity index is 1.30. The first-order chi connectivity index (χ1) is 18.2. The first-order valence-electron chi connectivity index (χ1n) is 12.2. The van der Waals surface area contributed by atoms with Crippen LogP contribution in [0.3, 0.4) is 0 Å². The summed E-state index contributed by atoms with van der Waals surface area (Å²) in [6, 6.07) is 7.24. The molecule has 0 fully saturated rings. The molecule has 4 aromatic rings. The number of ether oxygens (including phenoxy) is 1. The maximum absolute atomic E-state index is 15.3. The van der Waals surface area contributed by atoms with Crippen LogP contribution in [-0.2, 0) is 38.7 Å². The zero-order valence-corrected chi connectivity index (χ0v) is 20.4. The lowest BCUT2D eigenvalue weighted by atomic mass is 9.95. The number of alkyl halides is 3. The Morgan fingerprint density at radius 2 is 1.79 bits per heavy atom. The fourth-order valence-corrected chi connectivity index (χ4v) is 5.28. The van der Waals surface area contributed by atoms with E-state index in [0.717, 1.165) is 41.3 Å². The van der Waals surface area contributed by atoms with Gasteiger partial charge in [-0.2, -0.15) is 18.3 Å². The summed E-state index contributed by atoms with van der Waals surface area (Å²) in [4.78, 5) is 6.12. The Labute approximate surface area is 215 Å². The number of H-pyrrole nitrogens is 1.